The first-order chi connectivity index (χ1) is 13.4. The minimum absolute atomic E-state index is 0.00865. The molecule has 3 nitrogen and oxygen atoms in total. The van der Waals surface area contributed by atoms with Crippen molar-refractivity contribution in [2.45, 2.75) is 25.7 Å². The highest BCUT2D eigenvalue weighted by molar-refractivity contribution is 5.94. The van der Waals surface area contributed by atoms with E-state index in [9.17, 15) is 19.1 Å². The number of ketones is 1. The topological polar surface area (TPSA) is 54.4 Å². The molecule has 3 aromatic carbocycles. The normalized spacial score (nSPS) is 11.8. The molecule has 0 saturated carbocycles. The molecule has 0 amide bonds. The number of carboxylic acids is 1. The van der Waals surface area contributed by atoms with Crippen LogP contribution in [0, 0.1) is 5.82 Å². The number of carboxylic acid groups (broad SMARTS) is 1. The van der Waals surface area contributed by atoms with E-state index in [-0.39, 0.29) is 23.1 Å². The van der Waals surface area contributed by atoms with Crippen molar-refractivity contribution in [2.24, 2.45) is 0 Å². The maximum Gasteiger partial charge on any atom is 0.335 e. The third-order valence-electron chi connectivity index (χ3n) is 4.81. The number of rotatable bonds is 7. The minimum Gasteiger partial charge on any atom is -0.478 e. The number of hydrogen-bond acceptors (Lipinski definition) is 2. The molecular weight excluding hydrogens is 355 g/mol. The van der Waals surface area contributed by atoms with Crippen molar-refractivity contribution in [1.29, 1.82) is 0 Å². The van der Waals surface area contributed by atoms with Crippen LogP contribution in [0.3, 0.4) is 0 Å². The van der Waals surface area contributed by atoms with Crippen molar-refractivity contribution in [3.8, 4) is 0 Å². The SMILES string of the molecule is CC(=O)c1cccc(CC(Cc2cccc(C(=O)O)c2)c2ccc(F)cc2)c1. The van der Waals surface area contributed by atoms with Gasteiger partial charge in [0.05, 0.1) is 5.56 Å². The molecule has 4 heteroatoms. The third kappa shape index (κ3) is 4.92. The number of hydrogen-bond donors (Lipinski definition) is 1. The van der Waals surface area contributed by atoms with Crippen molar-refractivity contribution in [1.82, 2.24) is 0 Å². The third-order valence-corrected chi connectivity index (χ3v) is 4.81. The summed E-state index contributed by atoms with van der Waals surface area (Å²) < 4.78 is 13.4. The summed E-state index contributed by atoms with van der Waals surface area (Å²) in [6, 6.07) is 20.7. The number of halogens is 1. The Morgan fingerprint density at radius 1 is 0.857 bits per heavy atom. The van der Waals surface area contributed by atoms with E-state index in [4.69, 9.17) is 0 Å². The van der Waals surface area contributed by atoms with Crippen LogP contribution < -0.4 is 0 Å². The van der Waals surface area contributed by atoms with Gasteiger partial charge in [0, 0.05) is 5.56 Å². The summed E-state index contributed by atoms with van der Waals surface area (Å²) in [5.74, 6) is -1.23. The summed E-state index contributed by atoms with van der Waals surface area (Å²) >= 11 is 0. The van der Waals surface area contributed by atoms with E-state index < -0.39 is 5.97 Å². The van der Waals surface area contributed by atoms with Crippen molar-refractivity contribution in [3.63, 3.8) is 0 Å². The fourth-order valence-corrected chi connectivity index (χ4v) is 3.36. The van der Waals surface area contributed by atoms with E-state index in [1.165, 1.54) is 19.1 Å². The second kappa shape index (κ2) is 8.61. The van der Waals surface area contributed by atoms with Crippen molar-refractivity contribution in [2.75, 3.05) is 0 Å². The van der Waals surface area contributed by atoms with Gasteiger partial charge in [-0.3, -0.25) is 4.79 Å². The lowest BCUT2D eigenvalue weighted by Crippen LogP contribution is -2.08. The van der Waals surface area contributed by atoms with Crippen molar-refractivity contribution in [3.05, 3.63) is 106 Å². The summed E-state index contributed by atoms with van der Waals surface area (Å²) in [4.78, 5) is 23.0. The molecule has 0 aromatic heterocycles. The number of carbonyl (C=O) groups excluding carboxylic acids is 1. The van der Waals surface area contributed by atoms with Gasteiger partial charge in [-0.2, -0.15) is 0 Å². The Bertz CT molecular complexity index is 933. The van der Waals surface area contributed by atoms with Crippen LogP contribution in [0.25, 0.3) is 0 Å². The number of carbonyl (C=O) groups is 2. The van der Waals surface area contributed by atoms with E-state index in [0.717, 1.165) is 16.7 Å². The quantitative estimate of drug-likeness (QED) is 0.570. The molecule has 0 aliphatic carbocycles. The average Bonchev–Trinajstić information content (AvgIpc) is 2.68. The molecule has 3 rings (SSSR count). The molecule has 1 atom stereocenters. The average molecular weight is 376 g/mol. The van der Waals surface area contributed by atoms with E-state index in [0.29, 0.717) is 18.4 Å². The molecule has 3 aromatic rings. The van der Waals surface area contributed by atoms with Crippen molar-refractivity contribution < 1.29 is 19.1 Å². The van der Waals surface area contributed by atoms with Gasteiger partial charge in [-0.25, -0.2) is 9.18 Å². The molecule has 1 N–H and O–H groups in total. The van der Waals surface area contributed by atoms with Gasteiger partial charge in [-0.15, -0.1) is 0 Å². The highest BCUT2D eigenvalue weighted by Crippen LogP contribution is 2.26. The molecule has 28 heavy (non-hydrogen) atoms. The highest BCUT2D eigenvalue weighted by atomic mass is 19.1. The van der Waals surface area contributed by atoms with Gasteiger partial charge in [0.1, 0.15) is 5.82 Å². The van der Waals surface area contributed by atoms with Crippen molar-refractivity contribution >= 4 is 11.8 Å². The number of aromatic carboxylic acids is 1. The summed E-state index contributed by atoms with van der Waals surface area (Å²) in [5.41, 5.74) is 3.78. The summed E-state index contributed by atoms with van der Waals surface area (Å²) in [6.07, 6.45) is 1.26. The first-order valence-electron chi connectivity index (χ1n) is 9.10. The number of benzene rings is 3. The molecular formula is C24H21FO3. The Labute approximate surface area is 163 Å². The van der Waals surface area contributed by atoms with Gasteiger partial charge in [0.2, 0.25) is 0 Å². The van der Waals surface area contributed by atoms with Gasteiger partial charge in [0.15, 0.2) is 5.78 Å². The molecule has 0 radical (unpaired) electrons. The Morgan fingerprint density at radius 2 is 1.39 bits per heavy atom. The fourth-order valence-electron chi connectivity index (χ4n) is 3.36. The van der Waals surface area contributed by atoms with Crippen LogP contribution in [-0.4, -0.2) is 16.9 Å². The summed E-state index contributed by atoms with van der Waals surface area (Å²) in [7, 11) is 0. The fraction of sp³-hybridized carbons (Fsp3) is 0.167. The zero-order valence-electron chi connectivity index (χ0n) is 15.6. The highest BCUT2D eigenvalue weighted by Gasteiger charge is 2.16. The molecule has 0 aliphatic rings. The summed E-state index contributed by atoms with van der Waals surface area (Å²) in [6.45, 7) is 1.54. The van der Waals surface area contributed by atoms with Gasteiger partial charge >= 0.3 is 5.97 Å². The molecule has 0 spiro atoms. The maximum absolute atomic E-state index is 13.4. The number of Topliss-reactive ketones (excluding diaryl/α,β-unsaturated/α-hetero) is 1. The molecule has 0 heterocycles. The predicted molar refractivity (Wildman–Crippen MR) is 106 cm³/mol. The largest absolute Gasteiger partial charge is 0.478 e. The Hall–Kier alpha value is -3.27. The molecule has 0 saturated heterocycles. The lowest BCUT2D eigenvalue weighted by Gasteiger charge is -2.19. The van der Waals surface area contributed by atoms with Gasteiger partial charge in [0.25, 0.3) is 0 Å². The minimum atomic E-state index is -0.964. The monoisotopic (exact) mass is 376 g/mol. The molecule has 1 unspecified atom stereocenters. The lowest BCUT2D eigenvalue weighted by molar-refractivity contribution is 0.0696. The van der Waals surface area contributed by atoms with Gasteiger partial charge < -0.3 is 5.11 Å². The van der Waals surface area contributed by atoms with Gasteiger partial charge in [-0.1, -0.05) is 42.5 Å². The maximum atomic E-state index is 13.4. The van der Waals surface area contributed by atoms with Crippen LogP contribution in [-0.2, 0) is 12.8 Å². The molecule has 0 bridgehead atoms. The lowest BCUT2D eigenvalue weighted by atomic mass is 9.86. The van der Waals surface area contributed by atoms with Crippen LogP contribution in [0.2, 0.25) is 0 Å². The van der Waals surface area contributed by atoms with E-state index in [2.05, 4.69) is 0 Å². The standard InChI is InChI=1S/C24H21FO3/c1-16(26)20-6-2-4-17(12-20)14-22(19-8-10-23(25)11-9-19)15-18-5-3-7-21(13-18)24(27)28/h2-13,22H,14-15H2,1H3,(H,27,28). The van der Waals surface area contributed by atoms with Crippen LogP contribution in [0.1, 0.15) is 50.2 Å². The molecule has 142 valence electrons. The van der Waals surface area contributed by atoms with E-state index in [1.54, 1.807) is 36.4 Å². The summed E-state index contributed by atoms with van der Waals surface area (Å²) in [5, 5.41) is 9.24. The Kier molecular flexibility index (Phi) is 5.99. The second-order valence-corrected chi connectivity index (χ2v) is 6.92. The van der Waals surface area contributed by atoms with Crippen LogP contribution in [0.15, 0.2) is 72.8 Å². The van der Waals surface area contributed by atoms with E-state index in [1.807, 2.05) is 24.3 Å². The second-order valence-electron chi connectivity index (χ2n) is 6.92. The zero-order valence-corrected chi connectivity index (χ0v) is 15.6. The molecule has 0 aliphatic heterocycles. The Balaban J connectivity index is 1.92. The van der Waals surface area contributed by atoms with E-state index >= 15 is 0 Å². The van der Waals surface area contributed by atoms with Gasteiger partial charge in [-0.05, 0) is 72.7 Å². The predicted octanol–water partition coefficient (Wildman–Crippen LogP) is 5.30. The zero-order chi connectivity index (χ0) is 20.1. The van der Waals surface area contributed by atoms with Crippen LogP contribution >= 0.6 is 0 Å². The Morgan fingerprint density at radius 3 is 1.93 bits per heavy atom. The molecule has 0 fully saturated rings. The first kappa shape index (κ1) is 19.5. The smallest absolute Gasteiger partial charge is 0.335 e. The van der Waals surface area contributed by atoms with Crippen LogP contribution in [0.5, 0.6) is 0 Å². The first-order valence-corrected chi connectivity index (χ1v) is 9.10. The van der Waals surface area contributed by atoms with Crippen LogP contribution in [0.4, 0.5) is 4.39 Å².